The van der Waals surface area contributed by atoms with Gasteiger partial charge >= 0.3 is 0 Å². The van der Waals surface area contributed by atoms with E-state index in [9.17, 15) is 0 Å². The van der Waals surface area contributed by atoms with E-state index < -0.39 is 0 Å². The number of nitrogens with zero attached hydrogens (tertiary/aromatic N) is 3. The van der Waals surface area contributed by atoms with Gasteiger partial charge < -0.3 is 14.4 Å². The van der Waals surface area contributed by atoms with E-state index in [1.807, 2.05) is 0 Å². The number of hydrogen-bond acceptors (Lipinski definition) is 2. The van der Waals surface area contributed by atoms with Crippen molar-refractivity contribution in [3.05, 3.63) is 273 Å². The molecule has 0 aliphatic carbocycles. The first-order valence-corrected chi connectivity index (χ1v) is 24.4. The maximum atomic E-state index is 2.48. The van der Waals surface area contributed by atoms with Gasteiger partial charge in [-0.2, -0.15) is 0 Å². The topological polar surface area (TPSA) is 11.4 Å². The van der Waals surface area contributed by atoms with Crippen molar-refractivity contribution in [2.24, 2.45) is 0 Å². The average molecular weight is 904 g/mol. The van der Waals surface area contributed by atoms with E-state index in [2.05, 4.69) is 287 Å². The summed E-state index contributed by atoms with van der Waals surface area (Å²) >= 11 is 0. The molecule has 3 heteroatoms. The SMILES string of the molecule is c1ccc(-c2ccc(N(c3ccc(-c4ccc5c(c4)c4c6ccc7cccc8ccc(cc4n5-c4ccc5ccccc5c4)c6c87)cc3)c3ccc(N(c4ccccc4)c4ccccc4)cc3)cc2)cc1. The average Bonchev–Trinajstić information content (AvgIpc) is 3.77. The third-order valence-corrected chi connectivity index (χ3v) is 14.5. The number of aromatic nitrogens is 1. The molecule has 0 radical (unpaired) electrons. The summed E-state index contributed by atoms with van der Waals surface area (Å²) in [4.78, 5) is 4.67. The Labute approximate surface area is 412 Å². The van der Waals surface area contributed by atoms with Crippen LogP contribution in [0.15, 0.2) is 273 Å². The summed E-state index contributed by atoms with van der Waals surface area (Å²) in [6.07, 6.45) is 0. The van der Waals surface area contributed by atoms with Crippen LogP contribution in [0, 0.1) is 0 Å². The van der Waals surface area contributed by atoms with Crippen LogP contribution in [0.2, 0.25) is 0 Å². The molecule has 14 rings (SSSR count). The van der Waals surface area contributed by atoms with Crippen LogP contribution in [0.1, 0.15) is 0 Å². The smallest absolute Gasteiger partial charge is 0.0553 e. The summed E-state index contributed by atoms with van der Waals surface area (Å²) in [7, 11) is 0. The fourth-order valence-electron chi connectivity index (χ4n) is 11.1. The minimum absolute atomic E-state index is 1.07. The van der Waals surface area contributed by atoms with Crippen molar-refractivity contribution in [1.82, 2.24) is 4.57 Å². The predicted molar refractivity (Wildman–Crippen MR) is 302 cm³/mol. The van der Waals surface area contributed by atoms with Crippen LogP contribution in [-0.4, -0.2) is 4.57 Å². The molecule has 3 nitrogen and oxygen atoms in total. The van der Waals surface area contributed by atoms with E-state index >= 15 is 0 Å². The molecule has 0 bridgehead atoms. The Morgan fingerprint density at radius 3 is 1.30 bits per heavy atom. The van der Waals surface area contributed by atoms with Crippen LogP contribution < -0.4 is 9.80 Å². The van der Waals surface area contributed by atoms with Gasteiger partial charge in [0.05, 0.1) is 11.0 Å². The van der Waals surface area contributed by atoms with Gasteiger partial charge in [-0.15, -0.1) is 0 Å². The van der Waals surface area contributed by atoms with Gasteiger partial charge in [-0.3, -0.25) is 0 Å². The summed E-state index contributed by atoms with van der Waals surface area (Å²) in [6, 6.07) is 99.6. The predicted octanol–water partition coefficient (Wildman–Crippen LogP) is 19.1. The van der Waals surface area contributed by atoms with Gasteiger partial charge in [0.2, 0.25) is 0 Å². The Hall–Kier alpha value is -9.44. The van der Waals surface area contributed by atoms with Crippen molar-refractivity contribution in [2.45, 2.75) is 0 Å². The van der Waals surface area contributed by atoms with Crippen molar-refractivity contribution in [1.29, 1.82) is 0 Å². The normalized spacial score (nSPS) is 11.7. The van der Waals surface area contributed by atoms with E-state index in [4.69, 9.17) is 0 Å². The highest BCUT2D eigenvalue weighted by atomic mass is 15.2. The van der Waals surface area contributed by atoms with Gasteiger partial charge in [0.25, 0.3) is 0 Å². The van der Waals surface area contributed by atoms with Gasteiger partial charge in [-0.1, -0.05) is 170 Å². The van der Waals surface area contributed by atoms with Crippen LogP contribution in [0.4, 0.5) is 34.1 Å². The third-order valence-electron chi connectivity index (χ3n) is 14.5. The molecule has 332 valence electrons. The molecule has 71 heavy (non-hydrogen) atoms. The Morgan fingerprint density at radius 2 is 0.676 bits per heavy atom. The fraction of sp³-hybridized carbons (Fsp3) is 0. The molecule has 0 spiro atoms. The van der Waals surface area contributed by atoms with Crippen LogP contribution in [0.3, 0.4) is 0 Å². The second-order valence-corrected chi connectivity index (χ2v) is 18.5. The first-order valence-electron chi connectivity index (χ1n) is 24.4. The summed E-state index contributed by atoms with van der Waals surface area (Å²) in [5.41, 5.74) is 14.8. The number of anilines is 6. The Balaban J connectivity index is 0.901. The number of para-hydroxylation sites is 2. The lowest BCUT2D eigenvalue weighted by Crippen LogP contribution is -2.12. The highest BCUT2D eigenvalue weighted by molar-refractivity contribution is 6.33. The molecule has 13 aromatic carbocycles. The molecule has 0 atom stereocenters. The largest absolute Gasteiger partial charge is 0.311 e. The molecule has 0 fully saturated rings. The summed E-state index contributed by atoms with van der Waals surface area (Å²) < 4.78 is 2.48. The van der Waals surface area contributed by atoms with E-state index in [0.717, 1.165) is 45.4 Å². The second-order valence-electron chi connectivity index (χ2n) is 18.5. The van der Waals surface area contributed by atoms with Crippen molar-refractivity contribution < 1.29 is 0 Å². The lowest BCUT2D eigenvalue weighted by atomic mass is 9.91. The molecule has 0 amide bonds. The number of benzene rings is 13. The van der Waals surface area contributed by atoms with E-state index in [1.165, 1.54) is 81.6 Å². The Morgan fingerprint density at radius 1 is 0.225 bits per heavy atom. The number of rotatable bonds is 9. The monoisotopic (exact) mass is 903 g/mol. The summed E-state index contributed by atoms with van der Waals surface area (Å²) in [6.45, 7) is 0. The Kier molecular flexibility index (Phi) is 9.53. The minimum Gasteiger partial charge on any atom is -0.311 e. The molecule has 0 saturated heterocycles. The molecule has 14 aromatic rings. The molecule has 0 aliphatic heterocycles. The lowest BCUT2D eigenvalue weighted by Gasteiger charge is -2.28. The van der Waals surface area contributed by atoms with E-state index in [-0.39, 0.29) is 0 Å². The number of hydrogen-bond donors (Lipinski definition) is 0. The summed E-state index contributed by atoms with van der Waals surface area (Å²) in [5, 5.41) is 12.8. The molecule has 1 aromatic heterocycles. The zero-order chi connectivity index (χ0) is 46.8. The first kappa shape index (κ1) is 40.6. The maximum Gasteiger partial charge on any atom is 0.0553 e. The molecule has 0 saturated carbocycles. The number of fused-ring (bicyclic) bond motifs is 5. The van der Waals surface area contributed by atoms with Gasteiger partial charge in [-0.05, 0) is 168 Å². The van der Waals surface area contributed by atoms with Gasteiger partial charge in [0, 0.05) is 50.6 Å². The van der Waals surface area contributed by atoms with Gasteiger partial charge in [0.1, 0.15) is 0 Å². The third kappa shape index (κ3) is 6.89. The van der Waals surface area contributed by atoms with E-state index in [1.54, 1.807) is 0 Å². The van der Waals surface area contributed by atoms with Crippen molar-refractivity contribution in [3.63, 3.8) is 0 Å². The van der Waals surface area contributed by atoms with Crippen molar-refractivity contribution >= 4 is 99.0 Å². The highest BCUT2D eigenvalue weighted by Crippen LogP contribution is 2.45. The molecule has 0 aliphatic rings. The van der Waals surface area contributed by atoms with Gasteiger partial charge in [-0.25, -0.2) is 0 Å². The molecule has 0 N–H and O–H groups in total. The quantitative estimate of drug-likeness (QED) is 0.134. The van der Waals surface area contributed by atoms with Crippen molar-refractivity contribution in [3.8, 4) is 27.9 Å². The maximum absolute atomic E-state index is 2.48. The Bertz CT molecular complexity index is 4180. The fourth-order valence-corrected chi connectivity index (χ4v) is 11.1. The molecule has 1 heterocycles. The second kappa shape index (κ2) is 16.7. The standard InChI is InChI=1S/C68H45N3/c1-4-13-46(14-5-1)48-25-32-57(33-26-48)70(60-39-37-59(38-40-60)69(55-19-6-2-7-20-55)56-21-8-3-9-22-56)58-34-27-49(28-35-58)53-31-42-64-63(44-53)68-62-41-30-51-18-12-17-50-23-24-54(67(62)66(50)51)45-65(68)71(64)61-36-29-47-15-10-11-16-52(47)43-61/h1-45H. The van der Waals surface area contributed by atoms with Crippen LogP contribution in [0.5, 0.6) is 0 Å². The van der Waals surface area contributed by atoms with Gasteiger partial charge in [0.15, 0.2) is 0 Å². The highest BCUT2D eigenvalue weighted by Gasteiger charge is 2.21. The first-order chi connectivity index (χ1) is 35.2. The van der Waals surface area contributed by atoms with Crippen LogP contribution >= 0.6 is 0 Å². The zero-order valence-electron chi connectivity index (χ0n) is 38.8. The van der Waals surface area contributed by atoms with Crippen molar-refractivity contribution in [2.75, 3.05) is 9.80 Å². The summed E-state index contributed by atoms with van der Waals surface area (Å²) in [5.74, 6) is 0. The molecular weight excluding hydrogens is 859 g/mol. The molecule has 0 unspecified atom stereocenters. The minimum atomic E-state index is 1.07. The van der Waals surface area contributed by atoms with Crippen LogP contribution in [0.25, 0.3) is 92.8 Å². The van der Waals surface area contributed by atoms with Crippen LogP contribution in [-0.2, 0) is 0 Å². The zero-order valence-corrected chi connectivity index (χ0v) is 38.8. The van der Waals surface area contributed by atoms with E-state index in [0.29, 0.717) is 0 Å². The molecular formula is C68H45N3. The lowest BCUT2D eigenvalue weighted by molar-refractivity contribution is 1.19.